The predicted molar refractivity (Wildman–Crippen MR) is 79.7 cm³/mol. The van der Waals surface area contributed by atoms with E-state index in [0.717, 1.165) is 22.4 Å². The van der Waals surface area contributed by atoms with Crippen LogP contribution in [0, 0.1) is 0 Å². The highest BCUT2D eigenvalue weighted by Crippen LogP contribution is 2.32. The van der Waals surface area contributed by atoms with Crippen molar-refractivity contribution in [3.63, 3.8) is 0 Å². The number of benzene rings is 1. The number of aryl methyl sites for hydroxylation is 1. The maximum Gasteiger partial charge on any atom is 0.133 e. The number of nitrogens with one attached hydrogen (secondary N) is 1. The third-order valence-electron chi connectivity index (χ3n) is 3.21. The van der Waals surface area contributed by atoms with Crippen molar-refractivity contribution in [2.24, 2.45) is 0 Å². The van der Waals surface area contributed by atoms with Gasteiger partial charge in [-0.3, -0.25) is 0 Å². The van der Waals surface area contributed by atoms with Crippen molar-refractivity contribution in [3.8, 4) is 5.75 Å². The van der Waals surface area contributed by atoms with E-state index in [2.05, 4.69) is 40.3 Å². The minimum Gasteiger partial charge on any atom is -0.496 e. The Balaban J connectivity index is 2.40. The normalized spacial score (nSPS) is 12.4. The van der Waals surface area contributed by atoms with E-state index in [1.807, 2.05) is 19.2 Å². The van der Waals surface area contributed by atoms with Crippen LogP contribution in [0.25, 0.3) is 0 Å². The Bertz CT molecular complexity index is 551. The molecule has 4 heteroatoms. The second kappa shape index (κ2) is 6.26. The Kier molecular flexibility index (Phi) is 4.66. The molecule has 1 N–H and O–H groups in total. The van der Waals surface area contributed by atoms with E-state index in [0.29, 0.717) is 0 Å². The summed E-state index contributed by atoms with van der Waals surface area (Å²) in [4.78, 5) is 0. The smallest absolute Gasteiger partial charge is 0.133 e. The SMILES string of the molecule is CCc1occc1C(NC)c1ccc(OC)c(Br)c1. The molecule has 2 aromatic rings. The molecule has 0 aliphatic rings. The zero-order valence-electron chi connectivity index (χ0n) is 11.4. The van der Waals surface area contributed by atoms with Crippen molar-refractivity contribution in [1.82, 2.24) is 5.32 Å². The summed E-state index contributed by atoms with van der Waals surface area (Å²) < 4.78 is 11.7. The summed E-state index contributed by atoms with van der Waals surface area (Å²) in [5.41, 5.74) is 2.35. The predicted octanol–water partition coefficient (Wildman–Crippen LogP) is 3.92. The van der Waals surface area contributed by atoms with Gasteiger partial charge < -0.3 is 14.5 Å². The van der Waals surface area contributed by atoms with Crippen LogP contribution < -0.4 is 10.1 Å². The van der Waals surface area contributed by atoms with Crippen molar-refractivity contribution in [3.05, 3.63) is 51.9 Å². The Hall–Kier alpha value is -1.26. The molecule has 0 aliphatic carbocycles. The highest BCUT2D eigenvalue weighted by atomic mass is 79.9. The van der Waals surface area contributed by atoms with Gasteiger partial charge in [-0.15, -0.1) is 0 Å². The molecule has 0 saturated heterocycles. The third-order valence-corrected chi connectivity index (χ3v) is 3.83. The van der Waals surface area contributed by atoms with Crippen LogP contribution in [0.15, 0.2) is 39.4 Å². The zero-order valence-corrected chi connectivity index (χ0v) is 13.0. The topological polar surface area (TPSA) is 34.4 Å². The fraction of sp³-hybridized carbons (Fsp3) is 0.333. The van der Waals surface area contributed by atoms with Crippen molar-refractivity contribution >= 4 is 15.9 Å². The first-order valence-corrected chi connectivity index (χ1v) is 7.07. The van der Waals surface area contributed by atoms with E-state index in [1.165, 1.54) is 11.1 Å². The van der Waals surface area contributed by atoms with E-state index >= 15 is 0 Å². The van der Waals surface area contributed by atoms with Gasteiger partial charge in [0.1, 0.15) is 11.5 Å². The van der Waals surface area contributed by atoms with Gasteiger partial charge in [0.25, 0.3) is 0 Å². The molecule has 0 fully saturated rings. The molecule has 0 spiro atoms. The van der Waals surface area contributed by atoms with E-state index in [4.69, 9.17) is 9.15 Å². The van der Waals surface area contributed by atoms with Gasteiger partial charge in [-0.05, 0) is 46.7 Å². The van der Waals surface area contributed by atoms with Crippen LogP contribution in [0.5, 0.6) is 5.75 Å². The molecular weight excluding hydrogens is 306 g/mol. The summed E-state index contributed by atoms with van der Waals surface area (Å²) in [6.45, 7) is 2.10. The minimum absolute atomic E-state index is 0.121. The van der Waals surface area contributed by atoms with Crippen LogP contribution in [0.2, 0.25) is 0 Å². The van der Waals surface area contributed by atoms with Gasteiger partial charge in [0.2, 0.25) is 0 Å². The largest absolute Gasteiger partial charge is 0.496 e. The van der Waals surface area contributed by atoms with Crippen molar-refractivity contribution in [2.75, 3.05) is 14.2 Å². The van der Waals surface area contributed by atoms with Gasteiger partial charge in [0.05, 0.1) is 23.9 Å². The molecule has 1 heterocycles. The van der Waals surface area contributed by atoms with E-state index in [1.54, 1.807) is 13.4 Å². The minimum atomic E-state index is 0.121. The lowest BCUT2D eigenvalue weighted by atomic mass is 9.98. The highest BCUT2D eigenvalue weighted by molar-refractivity contribution is 9.10. The van der Waals surface area contributed by atoms with E-state index < -0.39 is 0 Å². The van der Waals surface area contributed by atoms with Crippen molar-refractivity contribution in [2.45, 2.75) is 19.4 Å². The molecule has 0 bridgehead atoms. The number of halogens is 1. The Morgan fingerprint density at radius 2 is 2.16 bits per heavy atom. The number of rotatable bonds is 5. The van der Waals surface area contributed by atoms with Gasteiger partial charge in [-0.2, -0.15) is 0 Å². The second-order valence-electron chi connectivity index (χ2n) is 4.27. The quantitative estimate of drug-likeness (QED) is 0.905. The average Bonchev–Trinajstić information content (AvgIpc) is 2.88. The van der Waals surface area contributed by atoms with Gasteiger partial charge >= 0.3 is 0 Å². The third kappa shape index (κ3) is 2.85. The summed E-state index contributed by atoms with van der Waals surface area (Å²) in [5.74, 6) is 1.85. The molecule has 102 valence electrons. The average molecular weight is 324 g/mol. The number of ether oxygens (including phenoxy) is 1. The lowest BCUT2D eigenvalue weighted by Gasteiger charge is -2.17. The summed E-state index contributed by atoms with van der Waals surface area (Å²) >= 11 is 3.53. The summed E-state index contributed by atoms with van der Waals surface area (Å²) in [6, 6.07) is 8.26. The molecule has 1 aromatic carbocycles. The Morgan fingerprint density at radius 3 is 2.74 bits per heavy atom. The van der Waals surface area contributed by atoms with Crippen LogP contribution in [0.4, 0.5) is 0 Å². The zero-order chi connectivity index (χ0) is 13.8. The molecule has 0 radical (unpaired) electrons. The van der Waals surface area contributed by atoms with Crippen LogP contribution in [0.3, 0.4) is 0 Å². The summed E-state index contributed by atoms with van der Waals surface area (Å²) in [7, 11) is 3.62. The van der Waals surface area contributed by atoms with E-state index in [9.17, 15) is 0 Å². The Labute approximate surface area is 122 Å². The van der Waals surface area contributed by atoms with Crippen LogP contribution in [0.1, 0.15) is 29.9 Å². The molecule has 0 saturated carbocycles. The van der Waals surface area contributed by atoms with E-state index in [-0.39, 0.29) is 6.04 Å². The highest BCUT2D eigenvalue weighted by Gasteiger charge is 2.18. The molecule has 1 unspecified atom stereocenters. The first-order chi connectivity index (χ1) is 9.21. The molecule has 2 rings (SSSR count). The standard InChI is InChI=1S/C15H18BrNO2/c1-4-13-11(7-8-19-13)15(17-2)10-5-6-14(18-3)12(16)9-10/h5-9,15,17H,4H2,1-3H3. The molecule has 3 nitrogen and oxygen atoms in total. The monoisotopic (exact) mass is 323 g/mol. The number of hydrogen-bond acceptors (Lipinski definition) is 3. The number of furan rings is 1. The molecule has 1 aromatic heterocycles. The van der Waals surface area contributed by atoms with Gasteiger partial charge in [-0.1, -0.05) is 13.0 Å². The molecule has 0 amide bonds. The molecule has 1 atom stereocenters. The van der Waals surface area contributed by atoms with Gasteiger partial charge in [-0.25, -0.2) is 0 Å². The van der Waals surface area contributed by atoms with Crippen molar-refractivity contribution in [1.29, 1.82) is 0 Å². The fourth-order valence-corrected chi connectivity index (χ4v) is 2.82. The fourth-order valence-electron chi connectivity index (χ4n) is 2.26. The number of methoxy groups -OCH3 is 1. The summed E-state index contributed by atoms with van der Waals surface area (Å²) in [6.07, 6.45) is 2.63. The molecule has 0 aliphatic heterocycles. The lowest BCUT2D eigenvalue weighted by Crippen LogP contribution is -2.18. The molecular formula is C15H18BrNO2. The number of hydrogen-bond donors (Lipinski definition) is 1. The van der Waals surface area contributed by atoms with Gasteiger partial charge in [0.15, 0.2) is 0 Å². The van der Waals surface area contributed by atoms with Crippen LogP contribution >= 0.6 is 15.9 Å². The maximum atomic E-state index is 5.52. The maximum absolute atomic E-state index is 5.52. The van der Waals surface area contributed by atoms with Crippen LogP contribution in [-0.2, 0) is 6.42 Å². The molecule has 19 heavy (non-hydrogen) atoms. The first-order valence-electron chi connectivity index (χ1n) is 6.28. The van der Waals surface area contributed by atoms with Gasteiger partial charge in [0, 0.05) is 12.0 Å². The lowest BCUT2D eigenvalue weighted by molar-refractivity contribution is 0.412. The second-order valence-corrected chi connectivity index (χ2v) is 5.12. The first kappa shape index (κ1) is 14.2. The van der Waals surface area contributed by atoms with Crippen LogP contribution in [-0.4, -0.2) is 14.2 Å². The Morgan fingerprint density at radius 1 is 1.37 bits per heavy atom. The van der Waals surface area contributed by atoms with Crippen molar-refractivity contribution < 1.29 is 9.15 Å². The summed E-state index contributed by atoms with van der Waals surface area (Å²) in [5, 5.41) is 3.34.